The zero-order valence-electron chi connectivity index (χ0n) is 9.13. The van der Waals surface area contributed by atoms with Gasteiger partial charge in [-0.2, -0.15) is 24.9 Å². The summed E-state index contributed by atoms with van der Waals surface area (Å²) < 4.78 is 38.2. The van der Waals surface area contributed by atoms with Gasteiger partial charge in [0.05, 0.1) is 5.56 Å². The van der Waals surface area contributed by atoms with Crippen LogP contribution in [0.3, 0.4) is 0 Å². The van der Waals surface area contributed by atoms with E-state index in [1.807, 2.05) is 0 Å². The van der Waals surface area contributed by atoms with Gasteiger partial charge in [-0.25, -0.2) is 4.98 Å². The topological polar surface area (TPSA) is 24.9 Å². The molecule has 1 unspecified atom stereocenters. The number of hydrogen-bond acceptors (Lipinski definition) is 3. The average Bonchev–Trinajstić information content (AvgIpc) is 2.30. The van der Waals surface area contributed by atoms with Crippen LogP contribution >= 0.6 is 11.8 Å². The molecule has 0 aliphatic carbocycles. The fourth-order valence-corrected chi connectivity index (χ4v) is 2.87. The third-order valence-corrected chi connectivity index (χ3v) is 3.83. The van der Waals surface area contributed by atoms with Gasteiger partial charge in [-0.1, -0.05) is 0 Å². The maximum absolute atomic E-state index is 12.7. The standard InChI is InChI=1S/C11H13F3N2S/c12-11(13,14)9-4-1-5-15-10(9)16-8-3-2-6-17-7-8/h1,4-5,8H,2-3,6-7H2,(H,15,16). The molecule has 17 heavy (non-hydrogen) atoms. The summed E-state index contributed by atoms with van der Waals surface area (Å²) in [5.41, 5.74) is -0.685. The van der Waals surface area contributed by atoms with Gasteiger partial charge in [-0.3, -0.25) is 0 Å². The van der Waals surface area contributed by atoms with E-state index in [0.717, 1.165) is 30.4 Å². The van der Waals surface area contributed by atoms with E-state index >= 15 is 0 Å². The van der Waals surface area contributed by atoms with E-state index in [-0.39, 0.29) is 11.9 Å². The summed E-state index contributed by atoms with van der Waals surface area (Å²) in [5, 5.41) is 2.90. The Kier molecular flexibility index (Phi) is 3.81. The molecule has 1 aromatic heterocycles. The number of alkyl halides is 3. The number of rotatable bonds is 2. The molecule has 2 rings (SSSR count). The molecule has 1 atom stereocenters. The zero-order valence-corrected chi connectivity index (χ0v) is 9.94. The number of aromatic nitrogens is 1. The molecule has 0 aromatic carbocycles. The Morgan fingerprint density at radius 1 is 1.41 bits per heavy atom. The maximum Gasteiger partial charge on any atom is 0.419 e. The van der Waals surface area contributed by atoms with Gasteiger partial charge in [-0.05, 0) is 30.7 Å². The minimum atomic E-state index is -4.35. The van der Waals surface area contributed by atoms with Crippen LogP contribution in [0.4, 0.5) is 19.0 Å². The van der Waals surface area contributed by atoms with E-state index in [9.17, 15) is 13.2 Å². The number of anilines is 1. The van der Waals surface area contributed by atoms with Gasteiger partial charge in [0.15, 0.2) is 0 Å². The van der Waals surface area contributed by atoms with Crippen molar-refractivity contribution < 1.29 is 13.2 Å². The predicted molar refractivity (Wildman–Crippen MR) is 63.2 cm³/mol. The number of thioether (sulfide) groups is 1. The smallest absolute Gasteiger partial charge is 0.366 e. The van der Waals surface area contributed by atoms with Crippen LogP contribution in [0, 0.1) is 0 Å². The normalized spacial score (nSPS) is 21.2. The third-order valence-electron chi connectivity index (χ3n) is 2.61. The van der Waals surface area contributed by atoms with Crippen LogP contribution in [0.1, 0.15) is 18.4 Å². The zero-order chi connectivity index (χ0) is 12.3. The second-order valence-electron chi connectivity index (χ2n) is 3.96. The molecule has 94 valence electrons. The Bertz CT molecular complexity index is 375. The first kappa shape index (κ1) is 12.5. The molecule has 2 nitrogen and oxygen atoms in total. The first-order valence-electron chi connectivity index (χ1n) is 5.44. The monoisotopic (exact) mass is 262 g/mol. The minimum Gasteiger partial charge on any atom is -0.366 e. The highest BCUT2D eigenvalue weighted by Crippen LogP contribution is 2.34. The summed E-state index contributed by atoms with van der Waals surface area (Å²) >= 11 is 1.76. The average molecular weight is 262 g/mol. The van der Waals surface area contributed by atoms with Gasteiger partial charge in [0.1, 0.15) is 5.82 Å². The van der Waals surface area contributed by atoms with E-state index < -0.39 is 11.7 Å². The quantitative estimate of drug-likeness (QED) is 0.884. The Hall–Kier alpha value is -0.910. The molecule has 1 N–H and O–H groups in total. The number of hydrogen-bond donors (Lipinski definition) is 1. The van der Waals surface area contributed by atoms with Crippen LogP contribution in [0.5, 0.6) is 0 Å². The second-order valence-corrected chi connectivity index (χ2v) is 5.11. The van der Waals surface area contributed by atoms with Crippen molar-refractivity contribution >= 4 is 17.6 Å². The number of nitrogens with one attached hydrogen (secondary N) is 1. The number of halogens is 3. The molecule has 2 heterocycles. The lowest BCUT2D eigenvalue weighted by molar-refractivity contribution is -0.137. The van der Waals surface area contributed by atoms with Crippen molar-refractivity contribution in [3.05, 3.63) is 23.9 Å². The van der Waals surface area contributed by atoms with Crippen molar-refractivity contribution in [3.8, 4) is 0 Å². The fraction of sp³-hybridized carbons (Fsp3) is 0.545. The fourth-order valence-electron chi connectivity index (χ4n) is 1.80. The Morgan fingerprint density at radius 2 is 2.24 bits per heavy atom. The van der Waals surface area contributed by atoms with Crippen molar-refractivity contribution in [2.45, 2.75) is 25.1 Å². The highest BCUT2D eigenvalue weighted by molar-refractivity contribution is 7.99. The van der Waals surface area contributed by atoms with E-state index in [4.69, 9.17) is 0 Å². The lowest BCUT2D eigenvalue weighted by Gasteiger charge is -2.24. The number of nitrogens with zero attached hydrogens (tertiary/aromatic N) is 1. The number of pyridine rings is 1. The second kappa shape index (κ2) is 5.16. The van der Waals surface area contributed by atoms with Crippen molar-refractivity contribution in [2.75, 3.05) is 16.8 Å². The molecule has 0 radical (unpaired) electrons. The molecular formula is C11H13F3N2S. The minimum absolute atomic E-state index is 0.0486. The summed E-state index contributed by atoms with van der Waals surface area (Å²) in [6, 6.07) is 2.46. The van der Waals surface area contributed by atoms with Crippen molar-refractivity contribution in [1.29, 1.82) is 0 Å². The van der Waals surface area contributed by atoms with Gasteiger partial charge in [0, 0.05) is 18.0 Å². The lowest BCUT2D eigenvalue weighted by Crippen LogP contribution is -2.27. The summed E-state index contributed by atoms with van der Waals surface area (Å²) in [7, 11) is 0. The lowest BCUT2D eigenvalue weighted by atomic mass is 10.1. The first-order chi connectivity index (χ1) is 8.07. The largest absolute Gasteiger partial charge is 0.419 e. The molecule has 0 amide bonds. The van der Waals surface area contributed by atoms with E-state index in [0.29, 0.717) is 0 Å². The van der Waals surface area contributed by atoms with Gasteiger partial charge < -0.3 is 5.32 Å². The van der Waals surface area contributed by atoms with Crippen LogP contribution in [0.2, 0.25) is 0 Å². The summed E-state index contributed by atoms with van der Waals surface area (Å²) in [4.78, 5) is 3.80. The van der Waals surface area contributed by atoms with Crippen LogP contribution in [-0.2, 0) is 6.18 Å². The van der Waals surface area contributed by atoms with Crippen LogP contribution in [0.15, 0.2) is 18.3 Å². The van der Waals surface area contributed by atoms with Crippen LogP contribution in [0.25, 0.3) is 0 Å². The van der Waals surface area contributed by atoms with Crippen molar-refractivity contribution in [1.82, 2.24) is 4.98 Å². The van der Waals surface area contributed by atoms with Gasteiger partial charge >= 0.3 is 6.18 Å². The van der Waals surface area contributed by atoms with Crippen LogP contribution in [-0.4, -0.2) is 22.5 Å². The molecule has 0 saturated carbocycles. The van der Waals surface area contributed by atoms with Gasteiger partial charge in [0.2, 0.25) is 0 Å². The van der Waals surface area contributed by atoms with Crippen molar-refractivity contribution in [2.24, 2.45) is 0 Å². The Labute approximate surface area is 102 Å². The molecule has 1 fully saturated rings. The predicted octanol–water partition coefficient (Wildman–Crippen LogP) is 3.41. The van der Waals surface area contributed by atoms with E-state index in [1.54, 1.807) is 11.8 Å². The summed E-state index contributed by atoms with van der Waals surface area (Å²) in [5.74, 6) is 1.88. The third kappa shape index (κ3) is 3.28. The van der Waals surface area contributed by atoms with Crippen molar-refractivity contribution in [3.63, 3.8) is 0 Å². The highest BCUT2D eigenvalue weighted by Gasteiger charge is 2.34. The van der Waals surface area contributed by atoms with Gasteiger partial charge in [0.25, 0.3) is 0 Å². The van der Waals surface area contributed by atoms with Gasteiger partial charge in [-0.15, -0.1) is 0 Å². The SMILES string of the molecule is FC(F)(F)c1cccnc1NC1CCCSC1. The summed E-state index contributed by atoms with van der Waals surface area (Å²) in [6.07, 6.45) is -1.02. The molecule has 1 saturated heterocycles. The highest BCUT2D eigenvalue weighted by atomic mass is 32.2. The Balaban J connectivity index is 2.14. The molecule has 0 bridgehead atoms. The molecule has 1 aliphatic heterocycles. The van der Waals surface area contributed by atoms with Crippen LogP contribution < -0.4 is 5.32 Å². The molecule has 1 aromatic rings. The maximum atomic E-state index is 12.7. The summed E-state index contributed by atoms with van der Waals surface area (Å²) in [6.45, 7) is 0. The Morgan fingerprint density at radius 3 is 2.88 bits per heavy atom. The van der Waals surface area contributed by atoms with E-state index in [1.165, 1.54) is 12.3 Å². The first-order valence-corrected chi connectivity index (χ1v) is 6.59. The molecule has 0 spiro atoms. The molecule has 6 heteroatoms. The molecular weight excluding hydrogens is 249 g/mol. The molecule has 1 aliphatic rings. The van der Waals surface area contributed by atoms with E-state index in [2.05, 4.69) is 10.3 Å².